The van der Waals surface area contributed by atoms with Crippen molar-refractivity contribution in [3.8, 4) is 0 Å². The molecule has 18 heavy (non-hydrogen) atoms. The van der Waals surface area contributed by atoms with Crippen LogP contribution in [0, 0.1) is 5.82 Å². The van der Waals surface area contributed by atoms with E-state index in [0.29, 0.717) is 10.7 Å². The molecule has 0 radical (unpaired) electrons. The molecule has 0 amide bonds. The van der Waals surface area contributed by atoms with Gasteiger partial charge < -0.3 is 0 Å². The summed E-state index contributed by atoms with van der Waals surface area (Å²) in [5.74, 6) is -0.153. The smallest absolute Gasteiger partial charge is 0.192 e. The lowest BCUT2D eigenvalue weighted by atomic mass is 10.3. The Bertz CT molecular complexity index is 548. The van der Waals surface area contributed by atoms with E-state index in [1.165, 1.54) is 34.8 Å². The van der Waals surface area contributed by atoms with E-state index in [2.05, 4.69) is 5.10 Å². The molecule has 1 aromatic carbocycles. The zero-order valence-corrected chi connectivity index (χ0v) is 11.1. The van der Waals surface area contributed by atoms with Crippen molar-refractivity contribution in [1.82, 2.24) is 9.78 Å². The van der Waals surface area contributed by atoms with E-state index in [-0.39, 0.29) is 17.4 Å². The highest BCUT2D eigenvalue weighted by Crippen LogP contribution is 2.22. The normalized spacial score (nSPS) is 10.6. The summed E-state index contributed by atoms with van der Waals surface area (Å²) in [6, 6.07) is 6.00. The number of aromatic nitrogens is 2. The average Bonchev–Trinajstić information content (AvgIpc) is 2.68. The zero-order chi connectivity index (χ0) is 13.1. The van der Waals surface area contributed by atoms with Crippen molar-refractivity contribution in [3.63, 3.8) is 0 Å². The minimum Gasteiger partial charge on any atom is -0.291 e. The number of carbonyl (C=O) groups is 1. The summed E-state index contributed by atoms with van der Waals surface area (Å²) >= 11 is 7.22. The van der Waals surface area contributed by atoms with Crippen LogP contribution in [0.2, 0.25) is 5.02 Å². The van der Waals surface area contributed by atoms with Gasteiger partial charge in [0.15, 0.2) is 5.78 Å². The molecule has 6 heteroatoms. The van der Waals surface area contributed by atoms with Gasteiger partial charge in [0, 0.05) is 11.9 Å². The number of carbonyl (C=O) groups excluding carboxylic acids is 1. The summed E-state index contributed by atoms with van der Waals surface area (Å²) in [5, 5.41) is 4.26. The number of Topliss-reactive ketones (excluding diaryl/α,β-unsaturated/α-hetero) is 1. The Hall–Kier alpha value is -1.33. The fourth-order valence-electron chi connectivity index (χ4n) is 1.47. The summed E-state index contributed by atoms with van der Waals surface area (Å²) < 4.78 is 14.2. The molecule has 0 saturated carbocycles. The summed E-state index contributed by atoms with van der Waals surface area (Å²) in [5.41, 5.74) is 0.395. The third kappa shape index (κ3) is 2.91. The van der Waals surface area contributed by atoms with Gasteiger partial charge in [-0.2, -0.15) is 5.10 Å². The molecule has 0 unspecified atom stereocenters. The minimum atomic E-state index is -0.291. The van der Waals surface area contributed by atoms with Crippen molar-refractivity contribution in [1.29, 1.82) is 0 Å². The summed E-state index contributed by atoms with van der Waals surface area (Å²) in [4.78, 5) is 12.8. The standard InChI is InChI=1S/C12H10ClFN2OS/c1-16-12(10(13)6-15-16)11(17)7-18-9-4-2-8(14)3-5-9/h2-6H,7H2,1H3. The molecule has 2 aromatic rings. The number of hydrogen-bond acceptors (Lipinski definition) is 3. The van der Waals surface area contributed by atoms with Gasteiger partial charge in [-0.3, -0.25) is 9.48 Å². The molecular weight excluding hydrogens is 275 g/mol. The predicted molar refractivity (Wildman–Crippen MR) is 69.7 cm³/mol. The van der Waals surface area contributed by atoms with E-state index < -0.39 is 0 Å². The van der Waals surface area contributed by atoms with Gasteiger partial charge in [0.1, 0.15) is 11.5 Å². The summed E-state index contributed by atoms with van der Waals surface area (Å²) in [6.45, 7) is 0. The monoisotopic (exact) mass is 284 g/mol. The van der Waals surface area contributed by atoms with Crippen LogP contribution in [0.5, 0.6) is 0 Å². The number of aryl methyl sites for hydroxylation is 1. The van der Waals surface area contributed by atoms with Crippen molar-refractivity contribution < 1.29 is 9.18 Å². The second kappa shape index (κ2) is 5.54. The molecule has 1 aromatic heterocycles. The molecule has 0 aliphatic heterocycles. The van der Waals surface area contributed by atoms with Crippen LogP contribution < -0.4 is 0 Å². The molecule has 0 N–H and O–H groups in total. The SMILES string of the molecule is Cn1ncc(Cl)c1C(=O)CSc1ccc(F)cc1. The topological polar surface area (TPSA) is 34.9 Å². The molecule has 0 aliphatic rings. The molecule has 0 bridgehead atoms. The van der Waals surface area contributed by atoms with E-state index in [9.17, 15) is 9.18 Å². The first-order valence-corrected chi connectivity index (χ1v) is 6.53. The number of ketones is 1. The van der Waals surface area contributed by atoms with Gasteiger partial charge >= 0.3 is 0 Å². The Labute approximate surface area is 113 Å². The van der Waals surface area contributed by atoms with Crippen LogP contribution in [-0.4, -0.2) is 21.3 Å². The quantitative estimate of drug-likeness (QED) is 0.639. The molecule has 0 saturated heterocycles. The lowest BCUT2D eigenvalue weighted by Gasteiger charge is -2.02. The van der Waals surface area contributed by atoms with Crippen molar-refractivity contribution in [2.45, 2.75) is 4.90 Å². The Morgan fingerprint density at radius 3 is 2.67 bits per heavy atom. The molecule has 1 heterocycles. The first kappa shape index (κ1) is 13.1. The van der Waals surface area contributed by atoms with Gasteiger partial charge in [-0.1, -0.05) is 11.6 Å². The van der Waals surface area contributed by atoms with Gasteiger partial charge in [-0.05, 0) is 24.3 Å². The molecule has 2 rings (SSSR count). The molecule has 94 valence electrons. The highest BCUT2D eigenvalue weighted by molar-refractivity contribution is 8.00. The fourth-order valence-corrected chi connectivity index (χ4v) is 2.51. The van der Waals surface area contributed by atoms with Crippen LogP contribution in [0.3, 0.4) is 0 Å². The van der Waals surface area contributed by atoms with Crippen molar-refractivity contribution in [2.75, 3.05) is 5.75 Å². The van der Waals surface area contributed by atoms with Crippen LogP contribution in [0.15, 0.2) is 35.4 Å². The highest BCUT2D eigenvalue weighted by Gasteiger charge is 2.15. The number of benzene rings is 1. The molecule has 0 fully saturated rings. The zero-order valence-electron chi connectivity index (χ0n) is 9.56. The maximum Gasteiger partial charge on any atom is 0.192 e. The fraction of sp³-hybridized carbons (Fsp3) is 0.167. The summed E-state index contributed by atoms with van der Waals surface area (Å²) in [7, 11) is 1.67. The summed E-state index contributed by atoms with van der Waals surface area (Å²) in [6.07, 6.45) is 1.44. The Morgan fingerprint density at radius 2 is 2.11 bits per heavy atom. The van der Waals surface area contributed by atoms with E-state index >= 15 is 0 Å². The number of nitrogens with zero attached hydrogens (tertiary/aromatic N) is 2. The van der Waals surface area contributed by atoms with E-state index in [1.807, 2.05) is 0 Å². The van der Waals surface area contributed by atoms with Crippen LogP contribution >= 0.6 is 23.4 Å². The number of rotatable bonds is 4. The largest absolute Gasteiger partial charge is 0.291 e. The average molecular weight is 285 g/mol. The number of halogens is 2. The van der Waals surface area contributed by atoms with Crippen LogP contribution in [0.1, 0.15) is 10.5 Å². The number of hydrogen-bond donors (Lipinski definition) is 0. The van der Waals surface area contributed by atoms with Crippen LogP contribution in [0.4, 0.5) is 4.39 Å². The van der Waals surface area contributed by atoms with Gasteiger partial charge in [0.05, 0.1) is 17.0 Å². The molecule has 0 spiro atoms. The van der Waals surface area contributed by atoms with Gasteiger partial charge in [-0.15, -0.1) is 11.8 Å². The van der Waals surface area contributed by atoms with Crippen LogP contribution in [-0.2, 0) is 7.05 Å². The molecule has 0 atom stereocenters. The second-order valence-electron chi connectivity index (χ2n) is 3.63. The third-order valence-electron chi connectivity index (χ3n) is 2.34. The molecular formula is C12H10ClFN2OS. The lowest BCUT2D eigenvalue weighted by molar-refractivity contribution is 0.101. The Morgan fingerprint density at radius 1 is 1.44 bits per heavy atom. The second-order valence-corrected chi connectivity index (χ2v) is 5.09. The number of thioether (sulfide) groups is 1. The van der Waals surface area contributed by atoms with E-state index in [1.54, 1.807) is 19.2 Å². The third-order valence-corrected chi connectivity index (χ3v) is 3.63. The lowest BCUT2D eigenvalue weighted by Crippen LogP contribution is -2.09. The van der Waals surface area contributed by atoms with E-state index in [4.69, 9.17) is 11.6 Å². The van der Waals surface area contributed by atoms with E-state index in [0.717, 1.165) is 4.90 Å². The Kier molecular flexibility index (Phi) is 4.04. The minimum absolute atomic E-state index is 0.102. The van der Waals surface area contributed by atoms with Gasteiger partial charge in [0.25, 0.3) is 0 Å². The predicted octanol–water partition coefficient (Wildman–Crippen LogP) is 3.19. The van der Waals surface area contributed by atoms with Crippen molar-refractivity contribution in [3.05, 3.63) is 47.0 Å². The molecule has 3 nitrogen and oxygen atoms in total. The molecule has 0 aliphatic carbocycles. The van der Waals surface area contributed by atoms with Gasteiger partial charge in [0.2, 0.25) is 0 Å². The van der Waals surface area contributed by atoms with Crippen molar-refractivity contribution in [2.24, 2.45) is 7.05 Å². The van der Waals surface area contributed by atoms with Crippen molar-refractivity contribution >= 4 is 29.1 Å². The van der Waals surface area contributed by atoms with Gasteiger partial charge in [-0.25, -0.2) is 4.39 Å². The highest BCUT2D eigenvalue weighted by atomic mass is 35.5. The first-order chi connectivity index (χ1) is 8.58. The first-order valence-electron chi connectivity index (χ1n) is 5.17. The Balaban J connectivity index is 2.03. The van der Waals surface area contributed by atoms with Crippen LogP contribution in [0.25, 0.3) is 0 Å². The maximum atomic E-state index is 12.7. The maximum absolute atomic E-state index is 12.7.